The number of hydrogen-bond donors (Lipinski definition) is 1. The zero-order chi connectivity index (χ0) is 13.4. The Kier molecular flexibility index (Phi) is 2.91. The van der Waals surface area contributed by atoms with E-state index in [0.29, 0.717) is 0 Å². The molecule has 3 aromatic rings. The van der Waals surface area contributed by atoms with E-state index in [9.17, 15) is 4.79 Å². The SMILES string of the molecule is COc1ccc(-n2c(=O)[nH]c3cccc(Br)c32)cc1. The molecule has 0 aliphatic heterocycles. The number of fused-ring (bicyclic) bond motifs is 1. The molecule has 4 nitrogen and oxygen atoms in total. The summed E-state index contributed by atoms with van der Waals surface area (Å²) in [5.74, 6) is 0.760. The van der Waals surface area contributed by atoms with Gasteiger partial charge in [-0.15, -0.1) is 0 Å². The van der Waals surface area contributed by atoms with Gasteiger partial charge in [0.15, 0.2) is 0 Å². The molecule has 0 spiro atoms. The zero-order valence-corrected chi connectivity index (χ0v) is 11.8. The van der Waals surface area contributed by atoms with E-state index in [1.54, 1.807) is 11.7 Å². The molecule has 2 aromatic carbocycles. The Morgan fingerprint density at radius 1 is 1.16 bits per heavy atom. The predicted octanol–water partition coefficient (Wildman–Crippen LogP) is 3.09. The Hall–Kier alpha value is -2.01. The van der Waals surface area contributed by atoms with Crippen LogP contribution in [0.25, 0.3) is 16.7 Å². The summed E-state index contributed by atoms with van der Waals surface area (Å²) in [5, 5.41) is 0. The fourth-order valence-electron chi connectivity index (χ4n) is 2.09. The molecule has 1 heterocycles. The monoisotopic (exact) mass is 318 g/mol. The van der Waals surface area contributed by atoms with Crippen molar-refractivity contribution in [3.63, 3.8) is 0 Å². The normalized spacial score (nSPS) is 10.8. The highest BCUT2D eigenvalue weighted by Gasteiger charge is 2.11. The molecule has 0 atom stereocenters. The van der Waals surface area contributed by atoms with Crippen LogP contribution in [-0.4, -0.2) is 16.7 Å². The van der Waals surface area contributed by atoms with Crippen molar-refractivity contribution in [1.82, 2.24) is 9.55 Å². The van der Waals surface area contributed by atoms with Crippen molar-refractivity contribution in [2.24, 2.45) is 0 Å². The first-order chi connectivity index (χ1) is 9.20. The molecule has 0 saturated heterocycles. The van der Waals surface area contributed by atoms with E-state index in [4.69, 9.17) is 4.74 Å². The molecule has 0 aliphatic carbocycles. The van der Waals surface area contributed by atoms with E-state index in [1.807, 2.05) is 42.5 Å². The summed E-state index contributed by atoms with van der Waals surface area (Å²) in [6.45, 7) is 0. The maximum Gasteiger partial charge on any atom is 0.331 e. The van der Waals surface area contributed by atoms with Crippen molar-refractivity contribution in [3.8, 4) is 11.4 Å². The molecule has 0 aliphatic rings. The smallest absolute Gasteiger partial charge is 0.331 e. The molecule has 0 bridgehead atoms. The second kappa shape index (κ2) is 4.59. The van der Waals surface area contributed by atoms with E-state index in [2.05, 4.69) is 20.9 Å². The lowest BCUT2D eigenvalue weighted by atomic mass is 10.2. The number of methoxy groups -OCH3 is 1. The van der Waals surface area contributed by atoms with Crippen LogP contribution in [-0.2, 0) is 0 Å². The lowest BCUT2D eigenvalue weighted by Gasteiger charge is -2.06. The molecule has 0 unspecified atom stereocenters. The summed E-state index contributed by atoms with van der Waals surface area (Å²) in [4.78, 5) is 14.9. The number of halogens is 1. The quantitative estimate of drug-likeness (QED) is 0.789. The van der Waals surface area contributed by atoms with Crippen molar-refractivity contribution in [2.75, 3.05) is 7.11 Å². The molecule has 0 fully saturated rings. The second-order valence-corrected chi connectivity index (χ2v) is 4.95. The Bertz CT molecular complexity index is 787. The number of aromatic nitrogens is 2. The van der Waals surface area contributed by atoms with Gasteiger partial charge in [-0.1, -0.05) is 6.07 Å². The van der Waals surface area contributed by atoms with Crippen molar-refractivity contribution in [2.45, 2.75) is 0 Å². The Balaban J connectivity index is 2.29. The second-order valence-electron chi connectivity index (χ2n) is 4.10. The largest absolute Gasteiger partial charge is 0.497 e. The number of aromatic amines is 1. The van der Waals surface area contributed by atoms with Crippen molar-refractivity contribution < 1.29 is 4.74 Å². The van der Waals surface area contributed by atoms with Gasteiger partial charge in [0.05, 0.1) is 23.8 Å². The Morgan fingerprint density at radius 2 is 1.89 bits per heavy atom. The number of para-hydroxylation sites is 1. The van der Waals surface area contributed by atoms with Crippen LogP contribution in [0, 0.1) is 0 Å². The maximum atomic E-state index is 12.1. The summed E-state index contributed by atoms with van der Waals surface area (Å²) in [6, 6.07) is 13.0. The average Bonchev–Trinajstić information content (AvgIpc) is 2.76. The number of nitrogens with one attached hydrogen (secondary N) is 1. The van der Waals surface area contributed by atoms with E-state index >= 15 is 0 Å². The number of imidazole rings is 1. The number of ether oxygens (including phenoxy) is 1. The van der Waals surface area contributed by atoms with Crippen LogP contribution in [0.4, 0.5) is 0 Å². The minimum atomic E-state index is -0.160. The topological polar surface area (TPSA) is 47.0 Å². The molecule has 19 heavy (non-hydrogen) atoms. The van der Waals surface area contributed by atoms with E-state index < -0.39 is 0 Å². The van der Waals surface area contributed by atoms with Gasteiger partial charge < -0.3 is 9.72 Å². The molecule has 1 N–H and O–H groups in total. The Labute approximate surface area is 117 Å². The minimum Gasteiger partial charge on any atom is -0.497 e. The van der Waals surface area contributed by atoms with E-state index in [0.717, 1.165) is 26.9 Å². The zero-order valence-electron chi connectivity index (χ0n) is 10.2. The third-order valence-electron chi connectivity index (χ3n) is 2.99. The van der Waals surface area contributed by atoms with Gasteiger partial charge in [0.1, 0.15) is 5.75 Å². The Morgan fingerprint density at radius 3 is 2.58 bits per heavy atom. The molecule has 0 radical (unpaired) electrons. The van der Waals surface area contributed by atoms with Crippen LogP contribution in [0.1, 0.15) is 0 Å². The van der Waals surface area contributed by atoms with Crippen molar-refractivity contribution in [1.29, 1.82) is 0 Å². The highest BCUT2D eigenvalue weighted by molar-refractivity contribution is 9.10. The summed E-state index contributed by atoms with van der Waals surface area (Å²) < 4.78 is 7.64. The molecule has 96 valence electrons. The molecule has 3 rings (SSSR count). The number of benzene rings is 2. The van der Waals surface area contributed by atoms with Crippen molar-refractivity contribution in [3.05, 3.63) is 57.4 Å². The number of H-pyrrole nitrogens is 1. The fourth-order valence-corrected chi connectivity index (χ4v) is 2.64. The van der Waals surface area contributed by atoms with E-state index in [-0.39, 0.29) is 5.69 Å². The summed E-state index contributed by atoms with van der Waals surface area (Å²) in [7, 11) is 1.61. The standard InChI is InChI=1S/C14H11BrN2O2/c1-19-10-7-5-9(6-8-10)17-13-11(15)3-2-4-12(13)16-14(17)18/h2-8H,1H3,(H,16,18). The molecule has 1 aromatic heterocycles. The summed E-state index contributed by atoms with van der Waals surface area (Å²) in [6.07, 6.45) is 0. The number of nitrogens with zero attached hydrogens (tertiary/aromatic N) is 1. The first-order valence-corrected chi connectivity index (χ1v) is 6.53. The highest BCUT2D eigenvalue weighted by atomic mass is 79.9. The first-order valence-electron chi connectivity index (χ1n) is 5.74. The lowest BCUT2D eigenvalue weighted by Crippen LogP contribution is -2.14. The van der Waals surface area contributed by atoms with Crippen LogP contribution in [0.2, 0.25) is 0 Å². The molecule has 5 heteroatoms. The highest BCUT2D eigenvalue weighted by Crippen LogP contribution is 2.24. The third kappa shape index (κ3) is 1.96. The maximum absolute atomic E-state index is 12.1. The van der Waals surface area contributed by atoms with Crippen LogP contribution in [0.15, 0.2) is 51.7 Å². The van der Waals surface area contributed by atoms with Crippen LogP contribution in [0.5, 0.6) is 5.75 Å². The summed E-state index contributed by atoms with van der Waals surface area (Å²) in [5.41, 5.74) is 2.27. The van der Waals surface area contributed by atoms with Gasteiger partial charge in [-0.05, 0) is 52.3 Å². The molecule has 0 saturated carbocycles. The molecular weight excluding hydrogens is 308 g/mol. The van der Waals surface area contributed by atoms with E-state index in [1.165, 1.54) is 0 Å². The predicted molar refractivity (Wildman–Crippen MR) is 78.1 cm³/mol. The van der Waals surface area contributed by atoms with Gasteiger partial charge in [0.25, 0.3) is 0 Å². The van der Waals surface area contributed by atoms with Crippen molar-refractivity contribution >= 4 is 27.0 Å². The van der Waals surface area contributed by atoms with Crippen LogP contribution >= 0.6 is 15.9 Å². The van der Waals surface area contributed by atoms with Crippen LogP contribution < -0.4 is 10.4 Å². The minimum absolute atomic E-state index is 0.160. The molecular formula is C14H11BrN2O2. The lowest BCUT2D eigenvalue weighted by molar-refractivity contribution is 0.414. The van der Waals surface area contributed by atoms with Crippen LogP contribution in [0.3, 0.4) is 0 Å². The molecule has 0 amide bonds. The third-order valence-corrected chi connectivity index (χ3v) is 3.63. The average molecular weight is 319 g/mol. The van der Waals surface area contributed by atoms with Gasteiger partial charge in [0.2, 0.25) is 0 Å². The number of rotatable bonds is 2. The van der Waals surface area contributed by atoms with Gasteiger partial charge in [-0.25, -0.2) is 4.79 Å². The summed E-state index contributed by atoms with van der Waals surface area (Å²) >= 11 is 3.48. The fraction of sp³-hybridized carbons (Fsp3) is 0.0714. The van der Waals surface area contributed by atoms with Gasteiger partial charge in [0, 0.05) is 4.47 Å². The van der Waals surface area contributed by atoms with Gasteiger partial charge >= 0.3 is 5.69 Å². The first kappa shape index (κ1) is 12.0. The van der Waals surface area contributed by atoms with Gasteiger partial charge in [-0.3, -0.25) is 4.57 Å². The van der Waals surface area contributed by atoms with Gasteiger partial charge in [-0.2, -0.15) is 0 Å². The number of hydrogen-bond acceptors (Lipinski definition) is 2.